The third-order valence-corrected chi connectivity index (χ3v) is 3.78. The summed E-state index contributed by atoms with van der Waals surface area (Å²) < 4.78 is 5.71. The highest BCUT2D eigenvalue weighted by Gasteiger charge is 2.10. The smallest absolute Gasteiger partial charge is 0.209 e. The Morgan fingerprint density at radius 3 is 2.90 bits per heavy atom. The number of nitrogen functional groups attached to an aromatic ring is 1. The molecule has 104 valence electrons. The summed E-state index contributed by atoms with van der Waals surface area (Å²) in [5, 5.41) is 3.17. The van der Waals surface area contributed by atoms with Crippen molar-refractivity contribution in [3.05, 3.63) is 40.2 Å². The lowest BCUT2D eigenvalue weighted by Crippen LogP contribution is -2.17. The Hall–Kier alpha value is -1.92. The van der Waals surface area contributed by atoms with Gasteiger partial charge in [-0.2, -0.15) is 0 Å². The molecule has 2 heterocycles. The number of nitrogens with zero attached hydrogens (tertiary/aromatic N) is 3. The molecule has 2 aromatic heterocycles. The minimum absolute atomic E-state index is 0.644. The molecule has 0 spiro atoms. The molecule has 0 fully saturated rings. The van der Waals surface area contributed by atoms with E-state index in [1.807, 2.05) is 26.1 Å². The normalized spacial score (nSPS) is 11.6. The van der Waals surface area contributed by atoms with E-state index >= 15 is 0 Å². The molecule has 6 heteroatoms. The molecule has 3 rings (SSSR count). The summed E-state index contributed by atoms with van der Waals surface area (Å²) in [7, 11) is 2.03. The summed E-state index contributed by atoms with van der Waals surface area (Å²) in [6.45, 7) is 3.44. The van der Waals surface area contributed by atoms with Crippen LogP contribution in [-0.4, -0.2) is 21.9 Å². The quantitative estimate of drug-likeness (QED) is 0.748. The fourth-order valence-electron chi connectivity index (χ4n) is 2.10. The number of fused-ring (bicyclic) bond motifs is 1. The zero-order valence-corrected chi connectivity index (χ0v) is 12.3. The van der Waals surface area contributed by atoms with Gasteiger partial charge in [-0.25, -0.2) is 9.97 Å². The SMILES string of the molecule is Cc1nc(CN(C)Cc2nc3ccc(N)cc3o2)cs1. The first-order chi connectivity index (χ1) is 9.60. The topological polar surface area (TPSA) is 68.2 Å². The minimum atomic E-state index is 0.644. The average Bonchev–Trinajstić information content (AvgIpc) is 2.94. The monoisotopic (exact) mass is 288 g/mol. The Morgan fingerprint density at radius 2 is 2.15 bits per heavy atom. The van der Waals surface area contributed by atoms with Gasteiger partial charge in [0.15, 0.2) is 5.58 Å². The Kier molecular flexibility index (Phi) is 3.42. The molecule has 0 aliphatic rings. The minimum Gasteiger partial charge on any atom is -0.439 e. The Labute approximate surface area is 121 Å². The fourth-order valence-corrected chi connectivity index (χ4v) is 2.70. The van der Waals surface area contributed by atoms with E-state index in [1.165, 1.54) is 0 Å². The number of anilines is 1. The molecular weight excluding hydrogens is 272 g/mol. The number of aromatic nitrogens is 2. The maximum Gasteiger partial charge on any atom is 0.209 e. The highest BCUT2D eigenvalue weighted by Crippen LogP contribution is 2.19. The lowest BCUT2D eigenvalue weighted by atomic mass is 10.3. The second-order valence-corrected chi connectivity index (χ2v) is 5.93. The Bertz CT molecular complexity index is 734. The predicted molar refractivity (Wildman–Crippen MR) is 80.4 cm³/mol. The number of benzene rings is 1. The first-order valence-electron chi connectivity index (χ1n) is 6.34. The van der Waals surface area contributed by atoms with Crippen LogP contribution in [0.3, 0.4) is 0 Å². The van der Waals surface area contributed by atoms with Gasteiger partial charge >= 0.3 is 0 Å². The molecule has 0 aliphatic heterocycles. The summed E-state index contributed by atoms with van der Waals surface area (Å²) in [6, 6.07) is 5.51. The molecule has 5 nitrogen and oxygen atoms in total. The van der Waals surface area contributed by atoms with E-state index in [2.05, 4.69) is 20.2 Å². The number of nitrogens with two attached hydrogens (primary N) is 1. The van der Waals surface area contributed by atoms with Crippen molar-refractivity contribution >= 4 is 28.1 Å². The Balaban J connectivity index is 1.72. The van der Waals surface area contributed by atoms with Crippen molar-refractivity contribution in [1.82, 2.24) is 14.9 Å². The predicted octanol–water partition coefficient (Wildman–Crippen LogP) is 2.81. The number of hydrogen-bond donors (Lipinski definition) is 1. The van der Waals surface area contributed by atoms with Crippen LogP contribution in [0.5, 0.6) is 0 Å². The summed E-state index contributed by atoms with van der Waals surface area (Å²) in [4.78, 5) is 11.0. The number of rotatable bonds is 4. The molecule has 0 aliphatic carbocycles. The average molecular weight is 288 g/mol. The molecule has 3 aromatic rings. The number of thiazole rings is 1. The van der Waals surface area contributed by atoms with Crippen molar-refractivity contribution in [2.24, 2.45) is 0 Å². The standard InChI is InChI=1S/C14H16N4OS/c1-9-16-11(8-20-9)6-18(2)7-14-17-12-4-3-10(15)5-13(12)19-14/h3-5,8H,6-7,15H2,1-2H3. The maximum atomic E-state index is 5.73. The van der Waals surface area contributed by atoms with Gasteiger partial charge in [0, 0.05) is 23.7 Å². The van der Waals surface area contributed by atoms with Gasteiger partial charge in [-0.15, -0.1) is 11.3 Å². The van der Waals surface area contributed by atoms with E-state index in [4.69, 9.17) is 10.2 Å². The fraction of sp³-hybridized carbons (Fsp3) is 0.286. The molecule has 20 heavy (non-hydrogen) atoms. The zero-order chi connectivity index (χ0) is 14.1. The first-order valence-corrected chi connectivity index (χ1v) is 7.22. The van der Waals surface area contributed by atoms with Gasteiger partial charge in [0.2, 0.25) is 5.89 Å². The molecule has 0 saturated carbocycles. The third kappa shape index (κ3) is 2.81. The molecule has 0 saturated heterocycles. The van der Waals surface area contributed by atoms with Crippen LogP contribution < -0.4 is 5.73 Å². The van der Waals surface area contributed by atoms with Gasteiger partial charge in [0.05, 0.1) is 17.2 Å². The van der Waals surface area contributed by atoms with E-state index in [0.717, 1.165) is 28.3 Å². The van der Waals surface area contributed by atoms with Crippen molar-refractivity contribution in [3.8, 4) is 0 Å². The lowest BCUT2D eigenvalue weighted by molar-refractivity contribution is 0.283. The van der Waals surface area contributed by atoms with Gasteiger partial charge in [-0.1, -0.05) is 0 Å². The number of oxazole rings is 1. The lowest BCUT2D eigenvalue weighted by Gasteiger charge is -2.12. The summed E-state index contributed by atoms with van der Waals surface area (Å²) in [5.74, 6) is 0.694. The zero-order valence-electron chi connectivity index (χ0n) is 11.5. The summed E-state index contributed by atoms with van der Waals surface area (Å²) in [6.07, 6.45) is 0. The van der Waals surface area contributed by atoms with Crippen molar-refractivity contribution in [1.29, 1.82) is 0 Å². The molecule has 0 amide bonds. The van der Waals surface area contributed by atoms with Crippen LogP contribution in [0.1, 0.15) is 16.6 Å². The molecule has 2 N–H and O–H groups in total. The van der Waals surface area contributed by atoms with Gasteiger partial charge < -0.3 is 10.2 Å². The molecule has 0 radical (unpaired) electrons. The van der Waals surface area contributed by atoms with Crippen molar-refractivity contribution in [3.63, 3.8) is 0 Å². The van der Waals surface area contributed by atoms with E-state index in [0.29, 0.717) is 18.1 Å². The molecular formula is C14H16N4OS. The van der Waals surface area contributed by atoms with Crippen LogP contribution in [0.4, 0.5) is 5.69 Å². The molecule has 0 bridgehead atoms. The molecule has 1 aromatic carbocycles. The number of aryl methyl sites for hydroxylation is 1. The van der Waals surface area contributed by atoms with Crippen LogP contribution in [0.2, 0.25) is 0 Å². The highest BCUT2D eigenvalue weighted by atomic mass is 32.1. The highest BCUT2D eigenvalue weighted by molar-refractivity contribution is 7.09. The van der Waals surface area contributed by atoms with Gasteiger partial charge in [0.25, 0.3) is 0 Å². The van der Waals surface area contributed by atoms with E-state index in [-0.39, 0.29) is 0 Å². The maximum absolute atomic E-state index is 5.73. The second-order valence-electron chi connectivity index (χ2n) is 4.86. The van der Waals surface area contributed by atoms with E-state index < -0.39 is 0 Å². The van der Waals surface area contributed by atoms with Crippen LogP contribution in [0.25, 0.3) is 11.1 Å². The second kappa shape index (κ2) is 5.22. The Morgan fingerprint density at radius 1 is 1.30 bits per heavy atom. The molecule has 0 unspecified atom stereocenters. The largest absolute Gasteiger partial charge is 0.439 e. The summed E-state index contributed by atoms with van der Waals surface area (Å²) >= 11 is 1.67. The van der Waals surface area contributed by atoms with Crippen LogP contribution in [-0.2, 0) is 13.1 Å². The van der Waals surface area contributed by atoms with E-state index in [1.54, 1.807) is 17.4 Å². The van der Waals surface area contributed by atoms with Crippen LogP contribution in [0.15, 0.2) is 28.0 Å². The van der Waals surface area contributed by atoms with Gasteiger partial charge in [-0.3, -0.25) is 4.90 Å². The van der Waals surface area contributed by atoms with E-state index in [9.17, 15) is 0 Å². The van der Waals surface area contributed by atoms with Crippen molar-refractivity contribution in [2.75, 3.05) is 12.8 Å². The van der Waals surface area contributed by atoms with Gasteiger partial charge in [0.1, 0.15) is 5.52 Å². The van der Waals surface area contributed by atoms with Crippen molar-refractivity contribution < 1.29 is 4.42 Å². The van der Waals surface area contributed by atoms with Gasteiger partial charge in [-0.05, 0) is 26.1 Å². The molecule has 0 atom stereocenters. The van der Waals surface area contributed by atoms with Crippen molar-refractivity contribution in [2.45, 2.75) is 20.0 Å². The first kappa shape index (κ1) is 13.1. The summed E-state index contributed by atoms with van der Waals surface area (Å²) in [5.41, 5.74) is 9.07. The third-order valence-electron chi connectivity index (χ3n) is 2.96. The van der Waals surface area contributed by atoms with Crippen LogP contribution >= 0.6 is 11.3 Å². The number of hydrogen-bond acceptors (Lipinski definition) is 6. The van der Waals surface area contributed by atoms with Crippen LogP contribution in [0, 0.1) is 6.92 Å².